The molecule has 1 aromatic rings. The van der Waals surface area contributed by atoms with E-state index in [2.05, 4.69) is 0 Å². The molecule has 0 unspecified atom stereocenters. The smallest absolute Gasteiger partial charge is 1.00 e. The van der Waals surface area contributed by atoms with Gasteiger partial charge in [-0.25, -0.2) is 0 Å². The van der Waals surface area contributed by atoms with E-state index in [1.807, 2.05) is 0 Å². The molecular weight excluding hydrogens is 238 g/mol. The Kier molecular flexibility index (Phi) is 9.81. The Bertz CT molecular complexity index is 390. The fraction of sp³-hybridized carbons (Fsp3) is 0.333. The van der Waals surface area contributed by atoms with Crippen LogP contribution in [0.5, 0.6) is 0 Å². The molecular formula is C12H16LiNaO4. The van der Waals surface area contributed by atoms with Gasteiger partial charge >= 0.3 is 60.4 Å². The van der Waals surface area contributed by atoms with E-state index in [1.54, 1.807) is 37.3 Å². The van der Waals surface area contributed by atoms with E-state index in [9.17, 15) is 9.59 Å². The Labute approximate surface area is 143 Å². The largest absolute Gasteiger partial charge is 1.00 e. The van der Waals surface area contributed by atoms with Crippen molar-refractivity contribution in [2.45, 2.75) is 19.8 Å². The Hall–Kier alpha value is -0.243. The number of hydrogen-bond donors (Lipinski definition) is 2. The van der Waals surface area contributed by atoms with Gasteiger partial charge in [-0.1, -0.05) is 37.3 Å². The zero-order chi connectivity index (χ0) is 12.2. The predicted molar refractivity (Wildman–Crippen MR) is 60.4 cm³/mol. The maximum Gasteiger partial charge on any atom is 1.00 e. The molecule has 0 heterocycles. The van der Waals surface area contributed by atoms with Gasteiger partial charge < -0.3 is 13.1 Å². The fourth-order valence-corrected chi connectivity index (χ4v) is 1.61. The average molecular weight is 254 g/mol. The minimum absolute atomic E-state index is 0. The molecule has 0 spiro atoms. The molecule has 0 radical (unpaired) electrons. The van der Waals surface area contributed by atoms with Crippen molar-refractivity contribution in [1.82, 2.24) is 0 Å². The van der Waals surface area contributed by atoms with Crippen LogP contribution in [-0.2, 0) is 16.0 Å². The van der Waals surface area contributed by atoms with Gasteiger partial charge in [-0.15, -0.1) is 0 Å². The van der Waals surface area contributed by atoms with E-state index in [0.717, 1.165) is 0 Å². The third kappa shape index (κ3) is 4.45. The Balaban J connectivity index is -0.000000320. The van der Waals surface area contributed by atoms with Crippen LogP contribution >= 0.6 is 0 Å². The van der Waals surface area contributed by atoms with Crippen molar-refractivity contribution in [3.05, 3.63) is 35.9 Å². The van der Waals surface area contributed by atoms with Gasteiger partial charge in [0, 0.05) is 0 Å². The first-order valence-corrected chi connectivity index (χ1v) is 5.03. The van der Waals surface area contributed by atoms with Crippen LogP contribution in [0.3, 0.4) is 0 Å². The van der Waals surface area contributed by atoms with Crippen molar-refractivity contribution in [1.29, 1.82) is 0 Å². The van der Waals surface area contributed by atoms with Crippen LogP contribution in [0.4, 0.5) is 0 Å². The molecule has 0 aromatic heterocycles. The first-order valence-electron chi connectivity index (χ1n) is 5.03. The molecule has 0 amide bonds. The van der Waals surface area contributed by atoms with E-state index < -0.39 is 17.4 Å². The molecule has 4 nitrogen and oxygen atoms in total. The van der Waals surface area contributed by atoms with Crippen molar-refractivity contribution >= 4 is 11.9 Å². The first-order chi connectivity index (χ1) is 7.53. The Morgan fingerprint density at radius 3 is 1.94 bits per heavy atom. The summed E-state index contributed by atoms with van der Waals surface area (Å²) in [4.78, 5) is 22.2. The molecule has 1 rings (SSSR count). The summed E-state index contributed by atoms with van der Waals surface area (Å²) in [5.41, 5.74) is -1.00. The van der Waals surface area contributed by atoms with Crippen LogP contribution in [0.15, 0.2) is 30.3 Å². The maximum atomic E-state index is 11.1. The predicted octanol–water partition coefficient (Wildman–Crippen LogP) is -3.97. The third-order valence-corrected chi connectivity index (χ3v) is 2.77. The van der Waals surface area contributed by atoms with Gasteiger partial charge in [0.2, 0.25) is 0 Å². The molecule has 0 aliphatic rings. The number of carboxylic acids is 2. The summed E-state index contributed by atoms with van der Waals surface area (Å²) < 4.78 is 0. The number of carbonyl (C=O) groups is 2. The Morgan fingerprint density at radius 2 is 1.61 bits per heavy atom. The van der Waals surface area contributed by atoms with Gasteiger partial charge in [0.1, 0.15) is 0 Å². The standard InChI is InChI=1S/C12H14O4.Li.Na.2H/c1-2-12(10(13)14,11(15)16)8-9-6-4-3-5-7-9;;;;/h3-7H,2,8H2,1H3,(H,13,14)(H,15,16);;;;/q;2*+1;2*-1. The molecule has 1 aromatic carbocycles. The van der Waals surface area contributed by atoms with Crippen LogP contribution in [0, 0.1) is 5.41 Å². The van der Waals surface area contributed by atoms with Gasteiger partial charge in [-0.05, 0) is 18.4 Å². The molecule has 90 valence electrons. The summed E-state index contributed by atoms with van der Waals surface area (Å²) in [7, 11) is 0. The van der Waals surface area contributed by atoms with Gasteiger partial charge in [-0.2, -0.15) is 0 Å². The summed E-state index contributed by atoms with van der Waals surface area (Å²) in [6, 6.07) is 8.80. The number of hydrogen-bond acceptors (Lipinski definition) is 2. The van der Waals surface area contributed by atoms with Crippen molar-refractivity contribution < 1.29 is 71.1 Å². The summed E-state index contributed by atoms with van der Waals surface area (Å²) in [5.74, 6) is -2.57. The number of rotatable bonds is 5. The van der Waals surface area contributed by atoms with Crippen LogP contribution in [-0.4, -0.2) is 22.2 Å². The van der Waals surface area contributed by atoms with E-state index in [0.29, 0.717) is 5.56 Å². The van der Waals surface area contributed by atoms with Crippen molar-refractivity contribution in [3.63, 3.8) is 0 Å². The van der Waals surface area contributed by atoms with Crippen LogP contribution in [0.1, 0.15) is 21.8 Å². The quantitative estimate of drug-likeness (QED) is 0.415. The van der Waals surface area contributed by atoms with E-state index in [-0.39, 0.29) is 64.1 Å². The number of carboxylic acid groups (broad SMARTS) is 2. The van der Waals surface area contributed by atoms with Crippen LogP contribution < -0.4 is 48.4 Å². The molecule has 0 atom stereocenters. The average Bonchev–Trinajstić information content (AvgIpc) is 2.26. The fourth-order valence-electron chi connectivity index (χ4n) is 1.61. The van der Waals surface area contributed by atoms with Gasteiger partial charge in [0.15, 0.2) is 5.41 Å². The molecule has 0 fully saturated rings. The molecule has 0 bridgehead atoms. The van der Waals surface area contributed by atoms with E-state index in [4.69, 9.17) is 10.2 Å². The second-order valence-electron chi connectivity index (χ2n) is 3.71. The molecule has 0 aliphatic carbocycles. The third-order valence-electron chi connectivity index (χ3n) is 2.77. The van der Waals surface area contributed by atoms with Crippen molar-refractivity contribution in [2.24, 2.45) is 5.41 Å². The zero-order valence-corrected chi connectivity index (χ0v) is 13.0. The molecule has 6 heteroatoms. The van der Waals surface area contributed by atoms with Gasteiger partial charge in [0.05, 0.1) is 0 Å². The summed E-state index contributed by atoms with van der Waals surface area (Å²) in [6.07, 6.45) is 0.0710. The zero-order valence-electron chi connectivity index (χ0n) is 13.0. The summed E-state index contributed by atoms with van der Waals surface area (Å²) in [6.45, 7) is 1.57. The first kappa shape index (κ1) is 20.1. The molecule has 0 saturated carbocycles. The van der Waals surface area contributed by atoms with Crippen LogP contribution in [0.25, 0.3) is 0 Å². The SMILES string of the molecule is CCC(Cc1ccccc1)(C(=O)O)C(=O)O.[H-].[H-].[Li+].[Na+]. The summed E-state index contributed by atoms with van der Waals surface area (Å²) >= 11 is 0. The monoisotopic (exact) mass is 254 g/mol. The number of aliphatic carboxylic acids is 2. The van der Waals surface area contributed by atoms with Gasteiger partial charge in [0.25, 0.3) is 0 Å². The summed E-state index contributed by atoms with van der Waals surface area (Å²) in [5, 5.41) is 18.1. The normalized spacial score (nSPS) is 9.83. The molecule has 2 N–H and O–H groups in total. The van der Waals surface area contributed by atoms with Crippen molar-refractivity contribution in [2.75, 3.05) is 0 Å². The second kappa shape index (κ2) is 8.79. The maximum absolute atomic E-state index is 11.1. The number of benzene rings is 1. The van der Waals surface area contributed by atoms with Crippen LogP contribution in [0.2, 0.25) is 0 Å². The second-order valence-corrected chi connectivity index (χ2v) is 3.71. The van der Waals surface area contributed by atoms with Gasteiger partial charge in [-0.3, -0.25) is 9.59 Å². The molecule has 0 aliphatic heterocycles. The Morgan fingerprint density at radius 1 is 1.17 bits per heavy atom. The molecule has 18 heavy (non-hydrogen) atoms. The molecule has 0 saturated heterocycles. The minimum Gasteiger partial charge on any atom is -1.00 e. The van der Waals surface area contributed by atoms with Crippen molar-refractivity contribution in [3.8, 4) is 0 Å². The topological polar surface area (TPSA) is 74.6 Å². The van der Waals surface area contributed by atoms with E-state index >= 15 is 0 Å². The van der Waals surface area contributed by atoms with E-state index in [1.165, 1.54) is 0 Å². The minimum atomic E-state index is -1.72.